The summed E-state index contributed by atoms with van der Waals surface area (Å²) in [5.41, 5.74) is -2.45. The van der Waals surface area contributed by atoms with Crippen molar-refractivity contribution < 1.29 is 23.1 Å². The first-order valence-corrected chi connectivity index (χ1v) is 10.4. The van der Waals surface area contributed by atoms with Gasteiger partial charge >= 0.3 is 23.3 Å². The van der Waals surface area contributed by atoms with Crippen molar-refractivity contribution in [2.45, 2.75) is 19.3 Å². The van der Waals surface area contributed by atoms with E-state index >= 15 is 0 Å². The molecule has 2 aromatic carbocycles. The third-order valence-electron chi connectivity index (χ3n) is 5.24. The summed E-state index contributed by atoms with van der Waals surface area (Å²) in [7, 11) is 0. The van der Waals surface area contributed by atoms with Gasteiger partial charge in [-0.15, -0.1) is 0 Å². The summed E-state index contributed by atoms with van der Waals surface area (Å²) in [6.07, 6.45) is -1.96. The van der Waals surface area contributed by atoms with Crippen LogP contribution in [0.4, 0.5) is 23.7 Å². The summed E-state index contributed by atoms with van der Waals surface area (Å²) in [6, 6.07) is 11.7. The smallest absolute Gasteiger partial charge is 0.395 e. The third kappa shape index (κ3) is 5.11. The number of carbonyl (C=O) groups excluding carboxylic acids is 1. The van der Waals surface area contributed by atoms with Gasteiger partial charge in [0.25, 0.3) is 0 Å². The van der Waals surface area contributed by atoms with Gasteiger partial charge in [0, 0.05) is 31.2 Å². The lowest BCUT2D eigenvalue weighted by molar-refractivity contribution is -0.137. The number of nitrogens with one attached hydrogen (secondary N) is 3. The Hall–Kier alpha value is -4.32. The van der Waals surface area contributed by atoms with Crippen molar-refractivity contribution in [1.82, 2.24) is 19.4 Å². The first kappa shape index (κ1) is 23.8. The Balaban J connectivity index is 1.68. The topological polar surface area (TPSA) is 121 Å². The fourth-order valence-corrected chi connectivity index (χ4v) is 3.65. The van der Waals surface area contributed by atoms with Gasteiger partial charge in [0.15, 0.2) is 0 Å². The Bertz CT molecular complexity index is 1490. The molecule has 2 aromatic heterocycles. The molecule has 9 nitrogen and oxygen atoms in total. The minimum atomic E-state index is -4.77. The quantitative estimate of drug-likeness (QED) is 0.313. The molecule has 12 heteroatoms. The summed E-state index contributed by atoms with van der Waals surface area (Å²) in [5, 5.41) is 14.5. The SMILES string of the molecule is O=C(NCc1ccn(-c2cc3c(cc2C(F)(F)F)[nH]c(=O)c(=O)n3CCO)c1)Nc1ccccc1. The van der Waals surface area contributed by atoms with Gasteiger partial charge < -0.3 is 25.3 Å². The average molecular weight is 487 g/mol. The summed E-state index contributed by atoms with van der Waals surface area (Å²) >= 11 is 0. The third-order valence-corrected chi connectivity index (χ3v) is 5.24. The highest BCUT2D eigenvalue weighted by Crippen LogP contribution is 2.36. The molecule has 2 amide bonds. The van der Waals surface area contributed by atoms with Gasteiger partial charge in [-0.25, -0.2) is 4.79 Å². The van der Waals surface area contributed by atoms with Crippen molar-refractivity contribution in [3.63, 3.8) is 0 Å². The molecule has 4 rings (SSSR count). The van der Waals surface area contributed by atoms with E-state index in [0.717, 1.165) is 16.7 Å². The van der Waals surface area contributed by atoms with Crippen LogP contribution in [0.2, 0.25) is 0 Å². The molecule has 35 heavy (non-hydrogen) atoms. The van der Waals surface area contributed by atoms with Crippen molar-refractivity contribution in [3.05, 3.63) is 92.8 Å². The lowest BCUT2D eigenvalue weighted by Gasteiger charge is -2.17. The molecule has 2 heterocycles. The predicted octanol–water partition coefficient (Wildman–Crippen LogP) is 2.81. The van der Waals surface area contributed by atoms with Crippen LogP contribution in [-0.2, 0) is 19.3 Å². The normalized spacial score (nSPS) is 11.5. The Labute approximate surface area is 195 Å². The summed E-state index contributed by atoms with van der Waals surface area (Å²) in [6.45, 7) is -0.705. The van der Waals surface area contributed by atoms with Crippen LogP contribution in [0.15, 0.2) is 70.5 Å². The number of H-pyrrole nitrogens is 1. The standard InChI is InChI=1S/C23H20F3N5O4/c24-23(25,26)16-10-17-19(31(8-9-32)21(34)20(33)29-17)11-18(16)30-7-6-14(13-30)12-27-22(35)28-15-4-2-1-3-5-15/h1-7,10-11,13,32H,8-9,12H2,(H,29,33)(H2,27,28,35). The second-order valence-electron chi connectivity index (χ2n) is 7.62. The van der Waals surface area contributed by atoms with Crippen LogP contribution in [0.3, 0.4) is 0 Å². The lowest BCUT2D eigenvalue weighted by Crippen LogP contribution is -2.37. The highest BCUT2D eigenvalue weighted by atomic mass is 19.4. The number of nitrogens with zero attached hydrogens (tertiary/aromatic N) is 2. The number of hydrogen-bond acceptors (Lipinski definition) is 4. The van der Waals surface area contributed by atoms with Gasteiger partial charge in [-0.3, -0.25) is 14.2 Å². The molecule has 4 aromatic rings. The molecule has 0 bridgehead atoms. The van der Waals surface area contributed by atoms with Crippen LogP contribution in [0.25, 0.3) is 16.7 Å². The maximum atomic E-state index is 13.9. The number of anilines is 1. The van der Waals surface area contributed by atoms with Gasteiger partial charge in [0.05, 0.1) is 28.9 Å². The summed E-state index contributed by atoms with van der Waals surface area (Å²) in [5.74, 6) is 0. The second-order valence-corrected chi connectivity index (χ2v) is 7.62. The number of carbonyl (C=O) groups is 1. The number of amides is 2. The maximum absolute atomic E-state index is 13.9. The molecule has 4 N–H and O–H groups in total. The monoisotopic (exact) mass is 487 g/mol. The van der Waals surface area contributed by atoms with Crippen molar-refractivity contribution in [2.24, 2.45) is 0 Å². The molecule has 0 spiro atoms. The zero-order chi connectivity index (χ0) is 25.2. The van der Waals surface area contributed by atoms with E-state index in [0.29, 0.717) is 11.3 Å². The van der Waals surface area contributed by atoms with Gasteiger partial charge in [-0.05, 0) is 35.9 Å². The number of rotatable bonds is 6. The molecule has 182 valence electrons. The number of aromatic nitrogens is 3. The van der Waals surface area contributed by atoms with E-state index in [-0.39, 0.29) is 29.8 Å². The second kappa shape index (κ2) is 9.50. The van der Waals surface area contributed by atoms with Crippen molar-refractivity contribution >= 4 is 22.8 Å². The van der Waals surface area contributed by atoms with Gasteiger partial charge in [-0.2, -0.15) is 13.2 Å². The molecule has 0 radical (unpaired) electrons. The molecule has 0 aliphatic heterocycles. The Morgan fingerprint density at radius 2 is 1.83 bits per heavy atom. The molecule has 0 saturated carbocycles. The van der Waals surface area contributed by atoms with Crippen LogP contribution in [-0.4, -0.2) is 31.9 Å². The van der Waals surface area contributed by atoms with Crippen LogP contribution >= 0.6 is 0 Å². The number of urea groups is 1. The first-order valence-electron chi connectivity index (χ1n) is 10.4. The molecule has 0 aliphatic rings. The van der Waals surface area contributed by atoms with Crippen molar-refractivity contribution in [3.8, 4) is 5.69 Å². The van der Waals surface area contributed by atoms with Crippen LogP contribution in [0.1, 0.15) is 11.1 Å². The zero-order valence-corrected chi connectivity index (χ0v) is 18.1. The van der Waals surface area contributed by atoms with E-state index in [9.17, 15) is 32.7 Å². The number of para-hydroxylation sites is 1. The van der Waals surface area contributed by atoms with E-state index in [1.54, 1.807) is 36.4 Å². The van der Waals surface area contributed by atoms with Crippen molar-refractivity contribution in [2.75, 3.05) is 11.9 Å². The molecule has 0 unspecified atom stereocenters. The first-order chi connectivity index (χ1) is 16.7. The molecular formula is C23H20F3N5O4. The van der Waals surface area contributed by atoms with Crippen molar-refractivity contribution in [1.29, 1.82) is 0 Å². The number of alkyl halides is 3. The highest BCUT2D eigenvalue weighted by Gasteiger charge is 2.35. The lowest BCUT2D eigenvalue weighted by atomic mass is 10.1. The van der Waals surface area contributed by atoms with Gasteiger partial charge in [-0.1, -0.05) is 18.2 Å². The highest BCUT2D eigenvalue weighted by molar-refractivity contribution is 5.89. The Morgan fingerprint density at radius 3 is 2.51 bits per heavy atom. The van der Waals surface area contributed by atoms with E-state index in [1.807, 2.05) is 0 Å². The fourth-order valence-electron chi connectivity index (χ4n) is 3.65. The molecule has 0 fully saturated rings. The van der Waals surface area contributed by atoms with Crippen LogP contribution in [0.5, 0.6) is 0 Å². The predicted molar refractivity (Wildman–Crippen MR) is 123 cm³/mol. The largest absolute Gasteiger partial charge is 0.418 e. The van der Waals surface area contributed by atoms with Crippen LogP contribution in [0, 0.1) is 0 Å². The maximum Gasteiger partial charge on any atom is 0.418 e. The molecule has 0 atom stereocenters. The van der Waals surface area contributed by atoms with Crippen LogP contribution < -0.4 is 21.8 Å². The number of fused-ring (bicyclic) bond motifs is 1. The summed E-state index contributed by atoms with van der Waals surface area (Å²) < 4.78 is 43.8. The number of aliphatic hydroxyl groups is 1. The summed E-state index contributed by atoms with van der Waals surface area (Å²) in [4.78, 5) is 38.4. The Morgan fingerprint density at radius 1 is 1.09 bits per heavy atom. The molecular weight excluding hydrogens is 467 g/mol. The van der Waals surface area contributed by atoms with Gasteiger partial charge in [0.1, 0.15) is 0 Å². The van der Waals surface area contributed by atoms with E-state index in [1.165, 1.54) is 17.0 Å². The number of benzene rings is 2. The average Bonchev–Trinajstić information content (AvgIpc) is 3.29. The number of hydrogen-bond donors (Lipinski definition) is 4. The van der Waals surface area contributed by atoms with Gasteiger partial charge in [0.2, 0.25) is 0 Å². The zero-order valence-electron chi connectivity index (χ0n) is 18.1. The van der Waals surface area contributed by atoms with E-state index in [4.69, 9.17) is 0 Å². The minimum absolute atomic E-state index is 0.0299. The number of aromatic amines is 1. The fraction of sp³-hybridized carbons (Fsp3) is 0.174. The number of aliphatic hydroxyl groups excluding tert-OH is 1. The molecule has 0 aliphatic carbocycles. The van der Waals surface area contributed by atoms with E-state index in [2.05, 4.69) is 15.6 Å². The Kier molecular flexibility index (Phi) is 6.47. The minimum Gasteiger partial charge on any atom is -0.395 e. The van der Waals surface area contributed by atoms with E-state index < -0.39 is 35.5 Å². The molecule has 0 saturated heterocycles. The number of halogens is 3.